The summed E-state index contributed by atoms with van der Waals surface area (Å²) in [6.07, 6.45) is 1.10. The fraction of sp³-hybridized carbons (Fsp3) is 0.765. The molecule has 2 fully saturated rings. The number of carbonyl (C=O) groups is 4. The van der Waals surface area contributed by atoms with Crippen molar-refractivity contribution in [1.29, 1.82) is 0 Å². The van der Waals surface area contributed by atoms with E-state index in [0.29, 0.717) is 58.5 Å². The fourth-order valence-corrected chi connectivity index (χ4v) is 3.28. The molecular weight excluding hydrogens is 342 g/mol. The lowest BCUT2D eigenvalue weighted by Gasteiger charge is -2.37. The van der Waals surface area contributed by atoms with Gasteiger partial charge in [-0.05, 0) is 20.3 Å². The SMILES string of the molecule is CCOC(=O)NCCCC(=O)N1CCC2(CC1)CN(CC(C)=O)C(=O)O2. The summed E-state index contributed by atoms with van der Waals surface area (Å²) in [5.41, 5.74) is -0.589. The van der Waals surface area contributed by atoms with Gasteiger partial charge in [-0.2, -0.15) is 0 Å². The van der Waals surface area contributed by atoms with Crippen molar-refractivity contribution in [3.63, 3.8) is 0 Å². The summed E-state index contributed by atoms with van der Waals surface area (Å²) in [4.78, 5) is 49.7. The molecule has 2 aliphatic heterocycles. The van der Waals surface area contributed by atoms with E-state index in [0.717, 1.165) is 0 Å². The van der Waals surface area contributed by atoms with Crippen LogP contribution >= 0.6 is 0 Å². The number of likely N-dealkylation sites (tertiary alicyclic amines) is 1. The van der Waals surface area contributed by atoms with Crippen LogP contribution in [0.1, 0.15) is 39.5 Å². The number of nitrogens with zero attached hydrogens (tertiary/aromatic N) is 2. The molecular formula is C17H27N3O6. The highest BCUT2D eigenvalue weighted by Gasteiger charge is 2.47. The Balaban J connectivity index is 1.71. The van der Waals surface area contributed by atoms with Gasteiger partial charge in [0.25, 0.3) is 0 Å². The van der Waals surface area contributed by atoms with Crippen molar-refractivity contribution in [3.05, 3.63) is 0 Å². The van der Waals surface area contributed by atoms with E-state index in [-0.39, 0.29) is 18.2 Å². The molecule has 2 rings (SSSR count). The van der Waals surface area contributed by atoms with Gasteiger partial charge in [0.15, 0.2) is 0 Å². The summed E-state index contributed by atoms with van der Waals surface area (Å²) in [6.45, 7) is 5.38. The smallest absolute Gasteiger partial charge is 0.410 e. The van der Waals surface area contributed by atoms with E-state index in [9.17, 15) is 19.2 Å². The zero-order valence-corrected chi connectivity index (χ0v) is 15.4. The third-order valence-corrected chi connectivity index (χ3v) is 4.59. The molecule has 0 bridgehead atoms. The van der Waals surface area contributed by atoms with Crippen LogP contribution in [0.5, 0.6) is 0 Å². The molecule has 0 radical (unpaired) electrons. The number of alkyl carbamates (subject to hydrolysis) is 1. The molecule has 9 heteroatoms. The van der Waals surface area contributed by atoms with Crippen molar-refractivity contribution in [2.24, 2.45) is 0 Å². The maximum atomic E-state index is 12.3. The van der Waals surface area contributed by atoms with Crippen molar-refractivity contribution in [2.75, 3.05) is 39.3 Å². The largest absolute Gasteiger partial charge is 0.450 e. The second kappa shape index (κ2) is 8.86. The van der Waals surface area contributed by atoms with Crippen LogP contribution in [0, 0.1) is 0 Å². The highest BCUT2D eigenvalue weighted by molar-refractivity contribution is 5.83. The first-order chi connectivity index (χ1) is 12.3. The topological polar surface area (TPSA) is 105 Å². The van der Waals surface area contributed by atoms with Crippen LogP contribution < -0.4 is 5.32 Å². The van der Waals surface area contributed by atoms with Gasteiger partial charge in [-0.3, -0.25) is 14.5 Å². The molecule has 3 amide bonds. The summed E-state index contributed by atoms with van der Waals surface area (Å²) in [6, 6.07) is 0. The second-order valence-corrected chi connectivity index (χ2v) is 6.74. The number of amides is 3. The Morgan fingerprint density at radius 2 is 1.96 bits per heavy atom. The molecule has 26 heavy (non-hydrogen) atoms. The average Bonchev–Trinajstić information content (AvgIpc) is 2.87. The standard InChI is InChI=1S/C17H27N3O6/c1-3-25-15(23)18-8-4-5-14(22)19-9-6-17(7-10-19)12-20(11-13(2)21)16(24)26-17/h3-12H2,1-2H3,(H,18,23). The predicted octanol–water partition coefficient (Wildman–Crippen LogP) is 0.915. The molecule has 146 valence electrons. The molecule has 0 aliphatic carbocycles. The van der Waals surface area contributed by atoms with Gasteiger partial charge in [0.2, 0.25) is 5.91 Å². The van der Waals surface area contributed by atoms with E-state index in [4.69, 9.17) is 9.47 Å². The van der Waals surface area contributed by atoms with E-state index < -0.39 is 17.8 Å². The molecule has 0 aromatic rings. The van der Waals surface area contributed by atoms with Crippen molar-refractivity contribution >= 4 is 23.9 Å². The van der Waals surface area contributed by atoms with Gasteiger partial charge in [-0.1, -0.05) is 0 Å². The number of ketones is 1. The van der Waals surface area contributed by atoms with Gasteiger partial charge < -0.3 is 19.7 Å². The zero-order chi connectivity index (χ0) is 19.2. The van der Waals surface area contributed by atoms with Gasteiger partial charge in [0, 0.05) is 38.9 Å². The second-order valence-electron chi connectivity index (χ2n) is 6.74. The molecule has 0 unspecified atom stereocenters. The van der Waals surface area contributed by atoms with Crippen molar-refractivity contribution in [1.82, 2.24) is 15.1 Å². The van der Waals surface area contributed by atoms with Crippen LogP contribution in [0.15, 0.2) is 0 Å². The number of hydrogen-bond acceptors (Lipinski definition) is 6. The minimum atomic E-state index is -0.589. The maximum Gasteiger partial charge on any atom is 0.410 e. The van der Waals surface area contributed by atoms with Gasteiger partial charge >= 0.3 is 12.2 Å². The maximum absolute atomic E-state index is 12.3. The third-order valence-electron chi connectivity index (χ3n) is 4.59. The normalized spacial score (nSPS) is 18.6. The lowest BCUT2D eigenvalue weighted by molar-refractivity contribution is -0.134. The molecule has 2 saturated heterocycles. The van der Waals surface area contributed by atoms with Crippen molar-refractivity contribution < 1.29 is 28.7 Å². The van der Waals surface area contributed by atoms with Crippen LogP contribution in [0.2, 0.25) is 0 Å². The summed E-state index contributed by atoms with van der Waals surface area (Å²) in [5, 5.41) is 2.58. The number of piperidine rings is 1. The van der Waals surface area contributed by atoms with E-state index in [1.807, 2.05) is 0 Å². The average molecular weight is 369 g/mol. The van der Waals surface area contributed by atoms with E-state index in [1.54, 1.807) is 11.8 Å². The minimum Gasteiger partial charge on any atom is -0.450 e. The molecule has 0 atom stereocenters. The first kappa shape index (κ1) is 20.0. The summed E-state index contributed by atoms with van der Waals surface area (Å²) >= 11 is 0. The molecule has 0 aromatic carbocycles. The van der Waals surface area contributed by atoms with Crippen LogP contribution in [0.25, 0.3) is 0 Å². The zero-order valence-electron chi connectivity index (χ0n) is 15.4. The molecule has 1 N–H and O–H groups in total. The van der Waals surface area contributed by atoms with Crippen LogP contribution in [0.4, 0.5) is 9.59 Å². The molecule has 0 saturated carbocycles. The number of rotatable bonds is 7. The number of ether oxygens (including phenoxy) is 2. The first-order valence-electron chi connectivity index (χ1n) is 9.01. The Labute approximate surface area is 153 Å². The van der Waals surface area contributed by atoms with Crippen LogP contribution in [0.3, 0.4) is 0 Å². The van der Waals surface area contributed by atoms with Crippen LogP contribution in [-0.4, -0.2) is 78.6 Å². The molecule has 2 aliphatic rings. The Bertz CT molecular complexity index is 557. The van der Waals surface area contributed by atoms with Crippen molar-refractivity contribution in [2.45, 2.75) is 45.1 Å². The Morgan fingerprint density at radius 3 is 2.58 bits per heavy atom. The number of Topliss-reactive ketones (excluding diaryl/α,β-unsaturated/α-hetero) is 1. The molecule has 1 spiro atoms. The Hall–Kier alpha value is -2.32. The monoisotopic (exact) mass is 369 g/mol. The lowest BCUT2D eigenvalue weighted by Crippen LogP contribution is -2.49. The van der Waals surface area contributed by atoms with Crippen LogP contribution in [-0.2, 0) is 19.1 Å². The predicted molar refractivity (Wildman–Crippen MR) is 91.5 cm³/mol. The van der Waals surface area contributed by atoms with E-state index in [1.165, 1.54) is 11.8 Å². The van der Waals surface area contributed by atoms with E-state index >= 15 is 0 Å². The third kappa shape index (κ3) is 5.34. The highest BCUT2D eigenvalue weighted by atomic mass is 16.6. The number of nitrogens with one attached hydrogen (secondary N) is 1. The van der Waals surface area contributed by atoms with Gasteiger partial charge in [0.1, 0.15) is 11.4 Å². The van der Waals surface area contributed by atoms with Gasteiger partial charge in [-0.15, -0.1) is 0 Å². The van der Waals surface area contributed by atoms with Crippen molar-refractivity contribution in [3.8, 4) is 0 Å². The summed E-state index contributed by atoms with van der Waals surface area (Å²) in [5.74, 6) is -0.0570. The number of carbonyl (C=O) groups excluding carboxylic acids is 4. The minimum absolute atomic E-state index is 0.0235. The summed E-state index contributed by atoms with van der Waals surface area (Å²) < 4.78 is 10.3. The molecule has 0 aromatic heterocycles. The Kier molecular flexibility index (Phi) is 6.82. The highest BCUT2D eigenvalue weighted by Crippen LogP contribution is 2.33. The lowest BCUT2D eigenvalue weighted by atomic mass is 9.91. The quantitative estimate of drug-likeness (QED) is 0.669. The first-order valence-corrected chi connectivity index (χ1v) is 9.01. The van der Waals surface area contributed by atoms with Gasteiger partial charge in [-0.25, -0.2) is 9.59 Å². The number of hydrogen-bond donors (Lipinski definition) is 1. The molecule has 2 heterocycles. The molecule has 9 nitrogen and oxygen atoms in total. The Morgan fingerprint density at radius 1 is 1.27 bits per heavy atom. The van der Waals surface area contributed by atoms with Gasteiger partial charge in [0.05, 0.1) is 19.7 Å². The fourth-order valence-electron chi connectivity index (χ4n) is 3.28. The summed E-state index contributed by atoms with van der Waals surface area (Å²) in [7, 11) is 0. The van der Waals surface area contributed by atoms with E-state index in [2.05, 4.69) is 5.32 Å².